The highest BCUT2D eigenvalue weighted by Crippen LogP contribution is 2.72. The van der Waals surface area contributed by atoms with Crippen molar-refractivity contribution in [2.45, 2.75) is 89.5 Å². The van der Waals surface area contributed by atoms with Gasteiger partial charge in [0.1, 0.15) is 18.3 Å². The normalized spacial score (nSPS) is 37.7. The number of carbonyl (C=O) groups is 2. The van der Waals surface area contributed by atoms with Crippen LogP contribution in [0.25, 0.3) is 0 Å². The number of ether oxygens (including phenoxy) is 4. The van der Waals surface area contributed by atoms with Crippen LogP contribution in [0.4, 0.5) is 0 Å². The van der Waals surface area contributed by atoms with Crippen molar-refractivity contribution < 1.29 is 43.9 Å². The van der Waals surface area contributed by atoms with Gasteiger partial charge in [0.25, 0.3) is 0 Å². The van der Waals surface area contributed by atoms with E-state index >= 15 is 0 Å². The van der Waals surface area contributed by atoms with Gasteiger partial charge in [-0.2, -0.15) is 0 Å². The fourth-order valence-corrected chi connectivity index (χ4v) is 6.48. The zero-order valence-electron chi connectivity index (χ0n) is 22.6. The topological polar surface area (TPSA) is 135 Å². The minimum atomic E-state index is -1.03. The number of allylic oxidation sites excluding steroid dienone is 3. The van der Waals surface area contributed by atoms with Gasteiger partial charge < -0.3 is 34.3 Å². The quantitative estimate of drug-likeness (QED) is 0.127. The fourth-order valence-electron chi connectivity index (χ4n) is 6.48. The monoisotopic (exact) mass is 532 g/mol. The van der Waals surface area contributed by atoms with E-state index < -0.39 is 46.7 Å². The molecule has 1 spiro atoms. The first kappa shape index (κ1) is 28.7. The molecule has 2 saturated heterocycles. The Labute approximate surface area is 223 Å². The van der Waals surface area contributed by atoms with Gasteiger partial charge in [-0.25, -0.2) is 9.59 Å². The van der Waals surface area contributed by atoms with Crippen molar-refractivity contribution in [2.75, 3.05) is 19.8 Å². The molecule has 2 aliphatic heterocycles. The summed E-state index contributed by atoms with van der Waals surface area (Å²) in [6, 6.07) is 0. The van der Waals surface area contributed by atoms with Crippen molar-refractivity contribution in [1.29, 1.82) is 0 Å². The molecule has 3 N–H and O–H groups in total. The van der Waals surface area contributed by atoms with Gasteiger partial charge in [-0.1, -0.05) is 42.4 Å². The Hall–Kier alpha value is -2.30. The lowest BCUT2D eigenvalue weighted by Gasteiger charge is -2.58. The molecule has 0 aromatic rings. The third-order valence-electron chi connectivity index (χ3n) is 8.96. The van der Waals surface area contributed by atoms with Gasteiger partial charge in [-0.3, -0.25) is 0 Å². The standard InChI is InChI=1S/C29H40O9/c1-18-9-11-28(16-35-26(34)14-19(2)10-12-30)23(13-18)37-24-15-22(27(28,4)29(24)17-36-29)38-25(33)8-6-5-7-21(32)20(3)31/h5-8,13-14,20-24,30-32H,9-12,15-17H2,1-4H3/b7-5+,8-6-,19-14+/t20-,21-,22+,23+,24+,27-,28+,29+/m0/s1. The van der Waals surface area contributed by atoms with E-state index in [1.54, 1.807) is 6.92 Å². The van der Waals surface area contributed by atoms with Gasteiger partial charge in [-0.15, -0.1) is 0 Å². The maximum absolute atomic E-state index is 12.8. The van der Waals surface area contributed by atoms with E-state index in [0.29, 0.717) is 25.9 Å². The van der Waals surface area contributed by atoms with E-state index in [9.17, 15) is 19.8 Å². The fraction of sp³-hybridized carbons (Fsp3) is 0.655. The van der Waals surface area contributed by atoms with Crippen LogP contribution in [0.3, 0.4) is 0 Å². The van der Waals surface area contributed by atoms with Gasteiger partial charge in [-0.05, 0) is 40.0 Å². The molecule has 4 rings (SSSR count). The van der Waals surface area contributed by atoms with E-state index in [4.69, 9.17) is 24.1 Å². The molecule has 38 heavy (non-hydrogen) atoms. The molecule has 2 bridgehead atoms. The summed E-state index contributed by atoms with van der Waals surface area (Å²) in [7, 11) is 0. The molecule has 4 aliphatic rings. The molecule has 210 valence electrons. The van der Waals surface area contributed by atoms with Crippen molar-refractivity contribution >= 4 is 11.9 Å². The van der Waals surface area contributed by atoms with Crippen LogP contribution >= 0.6 is 0 Å². The Morgan fingerprint density at radius 1 is 1.26 bits per heavy atom. The maximum atomic E-state index is 12.8. The summed E-state index contributed by atoms with van der Waals surface area (Å²) < 4.78 is 24.6. The van der Waals surface area contributed by atoms with Crippen molar-refractivity contribution in [1.82, 2.24) is 0 Å². The Morgan fingerprint density at radius 2 is 2.00 bits per heavy atom. The summed E-state index contributed by atoms with van der Waals surface area (Å²) in [6.07, 6.45) is 8.43. The van der Waals surface area contributed by atoms with Crippen LogP contribution in [-0.2, 0) is 28.5 Å². The van der Waals surface area contributed by atoms with Crippen LogP contribution in [-0.4, -0.2) is 83.2 Å². The average Bonchev–Trinajstić information content (AvgIpc) is 3.63. The highest BCUT2D eigenvalue weighted by atomic mass is 16.6. The van der Waals surface area contributed by atoms with Crippen LogP contribution in [0.1, 0.15) is 53.4 Å². The first-order chi connectivity index (χ1) is 18.0. The van der Waals surface area contributed by atoms with E-state index in [0.717, 1.165) is 12.0 Å². The average molecular weight is 533 g/mol. The van der Waals surface area contributed by atoms with Crippen LogP contribution in [0, 0.1) is 10.8 Å². The molecule has 1 saturated carbocycles. The molecule has 0 unspecified atom stereocenters. The van der Waals surface area contributed by atoms with Crippen LogP contribution in [0.15, 0.2) is 47.6 Å². The molecule has 0 aromatic heterocycles. The summed E-state index contributed by atoms with van der Waals surface area (Å²) in [5.41, 5.74) is -0.0208. The largest absolute Gasteiger partial charge is 0.462 e. The van der Waals surface area contributed by atoms with Crippen molar-refractivity contribution in [3.63, 3.8) is 0 Å². The second kappa shape index (κ2) is 11.1. The van der Waals surface area contributed by atoms with Crippen molar-refractivity contribution in [2.24, 2.45) is 10.8 Å². The van der Waals surface area contributed by atoms with Gasteiger partial charge in [0.2, 0.25) is 0 Å². The summed E-state index contributed by atoms with van der Waals surface area (Å²) in [4.78, 5) is 25.5. The Balaban J connectivity index is 1.58. The summed E-state index contributed by atoms with van der Waals surface area (Å²) in [6.45, 7) is 7.90. The predicted molar refractivity (Wildman–Crippen MR) is 138 cm³/mol. The third kappa shape index (κ3) is 5.02. The molecule has 8 atom stereocenters. The van der Waals surface area contributed by atoms with E-state index in [1.807, 2.05) is 0 Å². The molecule has 9 nitrogen and oxygen atoms in total. The number of hydrogen-bond donors (Lipinski definition) is 3. The van der Waals surface area contributed by atoms with Gasteiger partial charge >= 0.3 is 11.9 Å². The zero-order chi connectivity index (χ0) is 27.7. The molecule has 2 heterocycles. The van der Waals surface area contributed by atoms with E-state index in [-0.39, 0.29) is 25.4 Å². The predicted octanol–water partition coefficient (Wildman–Crippen LogP) is 2.30. The highest BCUT2D eigenvalue weighted by Gasteiger charge is 2.83. The lowest BCUT2D eigenvalue weighted by atomic mass is 9.51. The number of hydrogen-bond acceptors (Lipinski definition) is 9. The number of carbonyl (C=O) groups excluding carboxylic acids is 2. The number of epoxide rings is 1. The molecule has 9 heteroatoms. The SMILES string of the molecule is CC1=C[C@H]2O[C@@H]3C[C@@H](OC(=O)/C=C\C=C\[C@H](O)[C@H](C)O)[C@@](C)([C@@]2(COC(=O)/C=C(\C)CCO)CC1)[C@@]31CO1. The summed E-state index contributed by atoms with van der Waals surface area (Å²) >= 11 is 0. The van der Waals surface area contributed by atoms with Crippen LogP contribution in [0.2, 0.25) is 0 Å². The van der Waals surface area contributed by atoms with E-state index in [1.165, 1.54) is 42.9 Å². The summed E-state index contributed by atoms with van der Waals surface area (Å²) in [5, 5.41) is 28.2. The van der Waals surface area contributed by atoms with E-state index in [2.05, 4.69) is 19.9 Å². The molecule has 0 amide bonds. The van der Waals surface area contributed by atoms with Crippen molar-refractivity contribution in [3.05, 3.63) is 47.6 Å². The molecule has 2 aliphatic carbocycles. The number of esters is 2. The molecule has 3 fully saturated rings. The number of aliphatic hydroxyl groups excluding tert-OH is 3. The maximum Gasteiger partial charge on any atom is 0.331 e. The van der Waals surface area contributed by atoms with Gasteiger partial charge in [0.05, 0.1) is 36.4 Å². The second-order valence-corrected chi connectivity index (χ2v) is 11.3. The number of rotatable bonds is 10. The third-order valence-corrected chi connectivity index (χ3v) is 8.96. The zero-order valence-corrected chi connectivity index (χ0v) is 22.6. The molecule has 0 radical (unpaired) electrons. The Morgan fingerprint density at radius 3 is 2.66 bits per heavy atom. The minimum absolute atomic E-state index is 0.0444. The number of fused-ring (bicyclic) bond motifs is 2. The lowest BCUT2D eigenvalue weighted by Crippen LogP contribution is -2.66. The molecular weight excluding hydrogens is 492 g/mol. The Bertz CT molecular complexity index is 1040. The van der Waals surface area contributed by atoms with Gasteiger partial charge in [0, 0.05) is 30.6 Å². The first-order valence-corrected chi connectivity index (χ1v) is 13.3. The molecule has 0 aromatic carbocycles. The van der Waals surface area contributed by atoms with Crippen LogP contribution in [0.5, 0.6) is 0 Å². The van der Waals surface area contributed by atoms with Gasteiger partial charge in [0.15, 0.2) is 0 Å². The smallest absolute Gasteiger partial charge is 0.331 e. The highest BCUT2D eigenvalue weighted by molar-refractivity contribution is 5.83. The first-order valence-electron chi connectivity index (χ1n) is 13.3. The van der Waals surface area contributed by atoms with Crippen LogP contribution < -0.4 is 0 Å². The lowest BCUT2D eigenvalue weighted by molar-refractivity contribution is -0.232. The molecular formula is C29H40O9. The Kier molecular flexibility index (Phi) is 8.35. The second-order valence-electron chi connectivity index (χ2n) is 11.3. The van der Waals surface area contributed by atoms with Crippen molar-refractivity contribution in [3.8, 4) is 0 Å². The minimum Gasteiger partial charge on any atom is -0.462 e. The number of aliphatic hydroxyl groups is 3. The summed E-state index contributed by atoms with van der Waals surface area (Å²) in [5.74, 6) is -1.02.